The lowest BCUT2D eigenvalue weighted by molar-refractivity contribution is 0.0636. The van der Waals surface area contributed by atoms with Gasteiger partial charge in [-0.15, -0.1) is 18.3 Å². The van der Waals surface area contributed by atoms with Crippen LogP contribution in [0.5, 0.6) is 0 Å². The van der Waals surface area contributed by atoms with Gasteiger partial charge in [0.2, 0.25) is 0 Å². The van der Waals surface area contributed by atoms with E-state index in [4.69, 9.17) is 4.74 Å². The fourth-order valence-corrected chi connectivity index (χ4v) is 1.15. The van der Waals surface area contributed by atoms with Gasteiger partial charge in [0.1, 0.15) is 5.60 Å². The summed E-state index contributed by atoms with van der Waals surface area (Å²) in [6.07, 6.45) is 7.29. The Balaban J connectivity index is 0.00000110. The molecule has 0 aliphatic rings. The molecule has 0 radical (unpaired) electrons. The summed E-state index contributed by atoms with van der Waals surface area (Å²) < 4.78 is 5.16. The lowest BCUT2D eigenvalue weighted by atomic mass is 10.2. The summed E-state index contributed by atoms with van der Waals surface area (Å²) in [7, 11) is 0. The molecule has 0 aliphatic carbocycles. The molecule has 4 heteroatoms. The smallest absolute Gasteiger partial charge is 0.412 e. The van der Waals surface area contributed by atoms with E-state index in [1.165, 1.54) is 0 Å². The van der Waals surface area contributed by atoms with Crippen LogP contribution in [-0.2, 0) is 4.74 Å². The van der Waals surface area contributed by atoms with Gasteiger partial charge in [-0.05, 0) is 40.7 Å². The van der Waals surface area contributed by atoms with Crippen LogP contribution in [0.1, 0.15) is 40.2 Å². The largest absolute Gasteiger partial charge is 0.444 e. The maximum atomic E-state index is 11.6. The maximum absolute atomic E-state index is 11.6. The summed E-state index contributed by atoms with van der Waals surface area (Å²) in [5.41, 5.74) is 0.748. The number of ether oxygens (including phenoxy) is 1. The Bertz CT molecular complexity index is 540. The van der Waals surface area contributed by atoms with Gasteiger partial charge < -0.3 is 4.74 Å². The molecule has 1 aromatic rings. The molecule has 1 rings (SSSR count). The lowest BCUT2D eigenvalue weighted by Crippen LogP contribution is -2.27. The van der Waals surface area contributed by atoms with Crippen molar-refractivity contribution in [2.75, 3.05) is 5.32 Å². The van der Waals surface area contributed by atoms with Crippen LogP contribution in [0.25, 0.3) is 0 Å². The zero-order valence-corrected chi connectivity index (χ0v) is 12.6. The molecule has 1 heterocycles. The average Bonchev–Trinajstić information content (AvgIpc) is 2.30. The van der Waals surface area contributed by atoms with Gasteiger partial charge in [-0.3, -0.25) is 10.3 Å². The molecule has 0 saturated carbocycles. The number of nitrogens with one attached hydrogen (secondary N) is 1. The van der Waals surface area contributed by atoms with Gasteiger partial charge >= 0.3 is 6.09 Å². The fourth-order valence-electron chi connectivity index (χ4n) is 1.15. The molecule has 1 N–H and O–H groups in total. The number of carbonyl (C=O) groups excluding carboxylic acids is 1. The molecular formula is C16H20N2O2. The van der Waals surface area contributed by atoms with Crippen LogP contribution in [0, 0.1) is 24.2 Å². The minimum absolute atomic E-state index is 0.497. The number of carbonyl (C=O) groups is 1. The number of amides is 1. The molecule has 1 amide bonds. The molecule has 20 heavy (non-hydrogen) atoms. The molecule has 0 bridgehead atoms. The molecule has 0 aromatic carbocycles. The number of nitrogens with zero attached hydrogens (tertiary/aromatic N) is 1. The first-order valence-corrected chi connectivity index (χ1v) is 6.08. The highest BCUT2D eigenvalue weighted by Crippen LogP contribution is 2.14. The predicted molar refractivity (Wildman–Crippen MR) is 81.2 cm³/mol. The van der Waals surface area contributed by atoms with Crippen molar-refractivity contribution >= 4 is 11.8 Å². The first-order chi connectivity index (χ1) is 9.34. The summed E-state index contributed by atoms with van der Waals surface area (Å²) >= 11 is 0. The fraction of sp³-hybridized carbons (Fsp3) is 0.375. The second-order valence-electron chi connectivity index (χ2n) is 4.71. The Morgan fingerprint density at radius 2 is 2.00 bits per heavy atom. The van der Waals surface area contributed by atoms with Crippen molar-refractivity contribution < 1.29 is 9.53 Å². The first-order valence-electron chi connectivity index (χ1n) is 6.08. The van der Waals surface area contributed by atoms with E-state index in [-0.39, 0.29) is 0 Å². The zero-order valence-electron chi connectivity index (χ0n) is 12.6. The number of hydrogen-bond acceptors (Lipinski definition) is 3. The van der Waals surface area contributed by atoms with E-state index in [0.29, 0.717) is 11.3 Å². The van der Waals surface area contributed by atoms with E-state index in [1.807, 2.05) is 20.8 Å². The summed E-state index contributed by atoms with van der Waals surface area (Å²) in [5.74, 6) is 7.88. The standard InChI is InChI=1S/C13H16N2O2.C3H4/c1-5-6-10-9-14-8-7-11(10)15-12(16)17-13(2,3)4;1-3-2/h7-9H,1-4H3,(H,14,15,16);1H,2H3. The summed E-state index contributed by atoms with van der Waals surface area (Å²) in [6.45, 7) is 8.81. The van der Waals surface area contributed by atoms with Crippen LogP contribution in [0.4, 0.5) is 10.5 Å². The number of rotatable bonds is 1. The summed E-state index contributed by atoms with van der Waals surface area (Å²) in [6, 6.07) is 1.68. The third-order valence-electron chi connectivity index (χ3n) is 1.72. The third kappa shape index (κ3) is 7.79. The molecule has 106 valence electrons. The van der Waals surface area contributed by atoms with Gasteiger partial charge in [0.15, 0.2) is 0 Å². The highest BCUT2D eigenvalue weighted by molar-refractivity contribution is 5.86. The first kappa shape index (κ1) is 17.5. The molecular weight excluding hydrogens is 252 g/mol. The Labute approximate surface area is 120 Å². The quantitative estimate of drug-likeness (QED) is 0.797. The van der Waals surface area contributed by atoms with Crippen LogP contribution in [0.15, 0.2) is 18.5 Å². The van der Waals surface area contributed by atoms with Crippen molar-refractivity contribution in [3.05, 3.63) is 24.0 Å². The van der Waals surface area contributed by atoms with Crippen LogP contribution in [0.3, 0.4) is 0 Å². The Hall–Kier alpha value is -2.46. The minimum atomic E-state index is -0.520. The van der Waals surface area contributed by atoms with Gasteiger partial charge in [-0.25, -0.2) is 4.79 Å². The van der Waals surface area contributed by atoms with Crippen LogP contribution in [0.2, 0.25) is 0 Å². The molecule has 1 aromatic heterocycles. The zero-order chi connectivity index (χ0) is 15.6. The predicted octanol–water partition coefficient (Wildman–Crippen LogP) is 3.44. The molecule has 0 fully saturated rings. The third-order valence-corrected chi connectivity index (χ3v) is 1.72. The molecule has 0 aliphatic heterocycles. The number of hydrogen-bond donors (Lipinski definition) is 1. The van der Waals surface area contributed by atoms with Crippen molar-refractivity contribution in [2.24, 2.45) is 0 Å². The van der Waals surface area contributed by atoms with E-state index in [1.54, 1.807) is 32.3 Å². The van der Waals surface area contributed by atoms with E-state index < -0.39 is 11.7 Å². The number of anilines is 1. The Kier molecular flexibility index (Phi) is 7.55. The molecule has 0 atom stereocenters. The van der Waals surface area contributed by atoms with Crippen molar-refractivity contribution in [1.29, 1.82) is 0 Å². The molecule has 0 unspecified atom stereocenters. The van der Waals surface area contributed by atoms with Gasteiger partial charge in [0, 0.05) is 12.4 Å². The van der Waals surface area contributed by atoms with Crippen LogP contribution >= 0.6 is 0 Å². The van der Waals surface area contributed by atoms with Gasteiger partial charge in [-0.1, -0.05) is 5.92 Å². The number of pyridine rings is 1. The van der Waals surface area contributed by atoms with E-state index in [0.717, 1.165) is 0 Å². The number of aromatic nitrogens is 1. The van der Waals surface area contributed by atoms with E-state index >= 15 is 0 Å². The van der Waals surface area contributed by atoms with Crippen LogP contribution in [-0.4, -0.2) is 16.7 Å². The topological polar surface area (TPSA) is 51.2 Å². The highest BCUT2D eigenvalue weighted by atomic mass is 16.6. The van der Waals surface area contributed by atoms with Gasteiger partial charge in [-0.2, -0.15) is 0 Å². The Morgan fingerprint density at radius 3 is 2.50 bits per heavy atom. The normalized spacial score (nSPS) is 9.00. The van der Waals surface area contributed by atoms with Crippen molar-refractivity contribution in [3.63, 3.8) is 0 Å². The average molecular weight is 272 g/mol. The molecule has 0 saturated heterocycles. The monoisotopic (exact) mass is 272 g/mol. The van der Waals surface area contributed by atoms with E-state index in [9.17, 15) is 4.79 Å². The summed E-state index contributed by atoms with van der Waals surface area (Å²) in [4.78, 5) is 15.5. The molecule has 4 nitrogen and oxygen atoms in total. The van der Waals surface area contributed by atoms with Crippen LogP contribution < -0.4 is 5.32 Å². The van der Waals surface area contributed by atoms with Gasteiger partial charge in [0.25, 0.3) is 0 Å². The van der Waals surface area contributed by atoms with E-state index in [2.05, 4.69) is 34.5 Å². The highest BCUT2D eigenvalue weighted by Gasteiger charge is 2.16. The van der Waals surface area contributed by atoms with Crippen molar-refractivity contribution in [3.8, 4) is 24.2 Å². The second kappa shape index (κ2) is 8.61. The second-order valence-corrected chi connectivity index (χ2v) is 4.71. The minimum Gasteiger partial charge on any atom is -0.444 e. The lowest BCUT2D eigenvalue weighted by Gasteiger charge is -2.19. The van der Waals surface area contributed by atoms with Crippen molar-refractivity contribution in [1.82, 2.24) is 4.98 Å². The maximum Gasteiger partial charge on any atom is 0.412 e. The number of terminal acetylenes is 1. The SMILES string of the molecule is C#CC.CC#Cc1cnccc1NC(=O)OC(C)(C)C. The van der Waals surface area contributed by atoms with Crippen molar-refractivity contribution in [2.45, 2.75) is 40.2 Å². The molecule has 0 spiro atoms. The Morgan fingerprint density at radius 1 is 1.40 bits per heavy atom. The van der Waals surface area contributed by atoms with Gasteiger partial charge in [0.05, 0.1) is 11.3 Å². The summed E-state index contributed by atoms with van der Waals surface area (Å²) in [5, 5.41) is 2.65.